The maximum Gasteiger partial charge on any atom is 0.216 e. The van der Waals surface area contributed by atoms with E-state index in [0.717, 1.165) is 16.8 Å². The lowest BCUT2D eigenvalue weighted by Gasteiger charge is -2.09. The number of hydrogen-bond donors (Lipinski definition) is 2. The van der Waals surface area contributed by atoms with Crippen LogP contribution in [0.25, 0.3) is 0 Å². The van der Waals surface area contributed by atoms with Crippen LogP contribution in [0.3, 0.4) is 0 Å². The van der Waals surface area contributed by atoms with Crippen LogP contribution >= 0.6 is 0 Å². The van der Waals surface area contributed by atoms with Crippen LogP contribution < -0.4 is 10.1 Å². The van der Waals surface area contributed by atoms with Crippen LogP contribution in [0.2, 0.25) is 0 Å². The predicted molar refractivity (Wildman–Crippen MR) is 71.0 cm³/mol. The van der Waals surface area contributed by atoms with Gasteiger partial charge in [-0.05, 0) is 19.1 Å². The summed E-state index contributed by atoms with van der Waals surface area (Å²) in [5, 5.41) is 12.9. The first-order chi connectivity index (χ1) is 8.70. The molecule has 2 rings (SSSR count). The lowest BCUT2D eigenvalue weighted by Crippen LogP contribution is -2.01. The van der Waals surface area contributed by atoms with Crippen molar-refractivity contribution in [3.8, 4) is 11.6 Å². The molecule has 0 spiro atoms. The van der Waals surface area contributed by atoms with Crippen LogP contribution in [0, 0.1) is 6.92 Å². The summed E-state index contributed by atoms with van der Waals surface area (Å²) in [6.07, 6.45) is 1.71. The molecule has 1 aromatic heterocycles. The molecule has 18 heavy (non-hydrogen) atoms. The van der Waals surface area contributed by atoms with E-state index in [4.69, 9.17) is 4.74 Å². The SMILES string of the molecule is COc1ncc(NCc2ccccc2O)cc1C. The third-order valence-electron chi connectivity index (χ3n) is 2.70. The molecule has 0 aliphatic heterocycles. The van der Waals surface area contributed by atoms with Crippen molar-refractivity contribution in [2.75, 3.05) is 12.4 Å². The highest BCUT2D eigenvalue weighted by atomic mass is 16.5. The Bertz CT molecular complexity index is 541. The van der Waals surface area contributed by atoms with E-state index < -0.39 is 0 Å². The molecular weight excluding hydrogens is 228 g/mol. The lowest BCUT2D eigenvalue weighted by atomic mass is 10.2. The van der Waals surface area contributed by atoms with Crippen molar-refractivity contribution >= 4 is 5.69 Å². The topological polar surface area (TPSA) is 54.4 Å². The van der Waals surface area contributed by atoms with Crippen LogP contribution in [0.15, 0.2) is 36.5 Å². The van der Waals surface area contributed by atoms with Crippen LogP contribution in [-0.2, 0) is 6.54 Å². The number of aromatic nitrogens is 1. The zero-order valence-electron chi connectivity index (χ0n) is 10.5. The maximum atomic E-state index is 9.65. The van der Waals surface area contributed by atoms with Gasteiger partial charge in [0.25, 0.3) is 0 Å². The maximum absolute atomic E-state index is 9.65. The number of methoxy groups -OCH3 is 1. The van der Waals surface area contributed by atoms with Crippen LogP contribution in [-0.4, -0.2) is 17.2 Å². The average molecular weight is 244 g/mol. The number of aromatic hydroxyl groups is 1. The molecule has 1 heterocycles. The Labute approximate surface area is 106 Å². The fourth-order valence-electron chi connectivity index (χ4n) is 1.73. The minimum Gasteiger partial charge on any atom is -0.508 e. The number of benzene rings is 1. The van der Waals surface area contributed by atoms with Crippen molar-refractivity contribution in [2.24, 2.45) is 0 Å². The minimum absolute atomic E-state index is 0.295. The number of nitrogens with one attached hydrogen (secondary N) is 1. The van der Waals surface area contributed by atoms with Gasteiger partial charge in [-0.2, -0.15) is 0 Å². The van der Waals surface area contributed by atoms with Gasteiger partial charge in [-0.1, -0.05) is 18.2 Å². The number of hydrogen-bond acceptors (Lipinski definition) is 4. The molecule has 2 aromatic rings. The number of ether oxygens (including phenoxy) is 1. The van der Waals surface area contributed by atoms with Crippen molar-refractivity contribution in [3.05, 3.63) is 47.7 Å². The third-order valence-corrected chi connectivity index (χ3v) is 2.70. The molecule has 0 atom stereocenters. The first-order valence-electron chi connectivity index (χ1n) is 5.72. The molecular formula is C14H16N2O2. The molecule has 0 fully saturated rings. The van der Waals surface area contributed by atoms with Gasteiger partial charge in [0.2, 0.25) is 5.88 Å². The average Bonchev–Trinajstić information content (AvgIpc) is 2.38. The van der Waals surface area contributed by atoms with E-state index in [9.17, 15) is 5.11 Å². The molecule has 0 bridgehead atoms. The molecule has 0 unspecified atom stereocenters. The second kappa shape index (κ2) is 5.40. The summed E-state index contributed by atoms with van der Waals surface area (Å²) in [4.78, 5) is 4.18. The van der Waals surface area contributed by atoms with Crippen LogP contribution in [0.4, 0.5) is 5.69 Å². The van der Waals surface area contributed by atoms with Gasteiger partial charge in [0.15, 0.2) is 0 Å². The molecule has 0 radical (unpaired) electrons. The van der Waals surface area contributed by atoms with Gasteiger partial charge < -0.3 is 15.2 Å². The Morgan fingerprint density at radius 3 is 2.78 bits per heavy atom. The molecule has 2 N–H and O–H groups in total. The molecule has 0 saturated carbocycles. The summed E-state index contributed by atoms with van der Waals surface area (Å²) in [7, 11) is 1.60. The van der Waals surface area contributed by atoms with Gasteiger partial charge in [-0.25, -0.2) is 4.98 Å². The number of phenols is 1. The van der Waals surface area contributed by atoms with E-state index in [1.165, 1.54) is 0 Å². The highest BCUT2D eigenvalue weighted by Crippen LogP contribution is 2.20. The molecule has 4 heteroatoms. The number of anilines is 1. The summed E-state index contributed by atoms with van der Waals surface area (Å²) >= 11 is 0. The summed E-state index contributed by atoms with van der Waals surface area (Å²) in [5.74, 6) is 0.923. The fourth-order valence-corrected chi connectivity index (χ4v) is 1.73. The van der Waals surface area contributed by atoms with E-state index in [-0.39, 0.29) is 0 Å². The Hall–Kier alpha value is -2.23. The number of phenolic OH excluding ortho intramolecular Hbond substituents is 1. The lowest BCUT2D eigenvalue weighted by molar-refractivity contribution is 0.394. The summed E-state index contributed by atoms with van der Waals surface area (Å²) in [5.41, 5.74) is 2.72. The molecule has 0 saturated heterocycles. The Balaban J connectivity index is 2.07. The smallest absolute Gasteiger partial charge is 0.216 e. The molecule has 0 aliphatic carbocycles. The molecule has 0 aliphatic rings. The van der Waals surface area contributed by atoms with Gasteiger partial charge in [-0.15, -0.1) is 0 Å². The monoisotopic (exact) mass is 244 g/mol. The predicted octanol–water partition coefficient (Wildman–Crippen LogP) is 2.72. The zero-order valence-corrected chi connectivity index (χ0v) is 10.5. The number of rotatable bonds is 4. The quantitative estimate of drug-likeness (QED) is 0.868. The van der Waals surface area contributed by atoms with Gasteiger partial charge in [0.1, 0.15) is 5.75 Å². The highest BCUT2D eigenvalue weighted by molar-refractivity contribution is 5.47. The Morgan fingerprint density at radius 2 is 2.11 bits per heavy atom. The van der Waals surface area contributed by atoms with E-state index in [2.05, 4.69) is 10.3 Å². The fraction of sp³-hybridized carbons (Fsp3) is 0.214. The zero-order chi connectivity index (χ0) is 13.0. The normalized spacial score (nSPS) is 10.1. The van der Waals surface area contributed by atoms with E-state index in [0.29, 0.717) is 18.2 Å². The summed E-state index contributed by atoms with van der Waals surface area (Å²) in [6.45, 7) is 2.50. The van der Waals surface area contributed by atoms with Crippen molar-refractivity contribution < 1.29 is 9.84 Å². The Kier molecular flexibility index (Phi) is 3.67. The van der Waals surface area contributed by atoms with Gasteiger partial charge >= 0.3 is 0 Å². The van der Waals surface area contributed by atoms with Crippen molar-refractivity contribution in [3.63, 3.8) is 0 Å². The largest absolute Gasteiger partial charge is 0.508 e. The summed E-state index contributed by atoms with van der Waals surface area (Å²) < 4.78 is 5.10. The van der Waals surface area contributed by atoms with Gasteiger partial charge in [-0.3, -0.25) is 0 Å². The van der Waals surface area contributed by atoms with Crippen molar-refractivity contribution in [2.45, 2.75) is 13.5 Å². The minimum atomic E-state index is 0.295. The number of nitrogens with zero attached hydrogens (tertiary/aromatic N) is 1. The van der Waals surface area contributed by atoms with Gasteiger partial charge in [0, 0.05) is 17.7 Å². The van der Waals surface area contributed by atoms with Gasteiger partial charge in [0.05, 0.1) is 19.0 Å². The number of para-hydroxylation sites is 1. The molecule has 94 valence electrons. The van der Waals surface area contributed by atoms with Crippen molar-refractivity contribution in [1.82, 2.24) is 4.98 Å². The highest BCUT2D eigenvalue weighted by Gasteiger charge is 2.03. The standard InChI is InChI=1S/C14H16N2O2/c1-10-7-12(9-16-14(10)18-2)15-8-11-5-3-4-6-13(11)17/h3-7,9,15,17H,8H2,1-2H3. The van der Waals surface area contributed by atoms with Crippen LogP contribution in [0.5, 0.6) is 11.6 Å². The first-order valence-corrected chi connectivity index (χ1v) is 5.72. The van der Waals surface area contributed by atoms with Crippen molar-refractivity contribution in [1.29, 1.82) is 0 Å². The number of pyridine rings is 1. The van der Waals surface area contributed by atoms with E-state index in [1.54, 1.807) is 25.4 Å². The number of aryl methyl sites for hydroxylation is 1. The molecule has 0 amide bonds. The third kappa shape index (κ3) is 2.71. The van der Waals surface area contributed by atoms with E-state index in [1.807, 2.05) is 25.1 Å². The second-order valence-corrected chi connectivity index (χ2v) is 4.03. The second-order valence-electron chi connectivity index (χ2n) is 4.03. The van der Waals surface area contributed by atoms with Crippen LogP contribution in [0.1, 0.15) is 11.1 Å². The molecule has 4 nitrogen and oxygen atoms in total. The van der Waals surface area contributed by atoms with E-state index >= 15 is 0 Å². The first kappa shape index (κ1) is 12.2. The Morgan fingerprint density at radius 1 is 1.33 bits per heavy atom. The summed E-state index contributed by atoms with van der Waals surface area (Å²) in [6, 6.07) is 9.22. The molecule has 1 aromatic carbocycles.